The number of amides is 2. The van der Waals surface area contributed by atoms with Crippen molar-refractivity contribution in [3.63, 3.8) is 0 Å². The number of methoxy groups -OCH3 is 2. The average molecular weight is 424 g/mol. The summed E-state index contributed by atoms with van der Waals surface area (Å²) in [6.07, 6.45) is -1.18. The lowest BCUT2D eigenvalue weighted by molar-refractivity contribution is -0.131. The number of aliphatic hydroxyl groups is 2. The minimum atomic E-state index is -2.07. The number of aliphatic hydroxyl groups excluding tert-OH is 1. The van der Waals surface area contributed by atoms with Crippen LogP contribution < -0.4 is 9.64 Å². The summed E-state index contributed by atoms with van der Waals surface area (Å²) in [5.41, 5.74) is 1.38. The summed E-state index contributed by atoms with van der Waals surface area (Å²) < 4.78 is 10.0. The second kappa shape index (κ2) is 7.40. The molecule has 31 heavy (non-hydrogen) atoms. The van der Waals surface area contributed by atoms with Crippen LogP contribution in [-0.2, 0) is 4.74 Å². The lowest BCUT2D eigenvalue weighted by Gasteiger charge is -2.38. The first-order chi connectivity index (χ1) is 14.7. The molecule has 2 aromatic carbocycles. The zero-order valence-corrected chi connectivity index (χ0v) is 17.7. The standard InChI is InChI=1S/C23H24N2O6/c1-13-9-18-19(10-14(13)2)25(22(28)31-4)21(27)23(29)11-16(12-24(23)20(18)26)15-5-7-17(30-3)8-6-15/h5-10,12,21,27,29H,11H2,1-4H3/t21-,23+/m0/s1. The smallest absolute Gasteiger partial charge is 0.416 e. The number of ether oxygens (including phenoxy) is 2. The van der Waals surface area contributed by atoms with Gasteiger partial charge in [-0.15, -0.1) is 0 Å². The SMILES string of the molecule is COC(=O)N1c2cc(C)c(C)cc2C(=O)N2C=C(c3ccc(OC)cc3)C[C@@]2(O)[C@@H]1O. The molecule has 0 aliphatic carbocycles. The van der Waals surface area contributed by atoms with Gasteiger partial charge in [-0.05, 0) is 60.4 Å². The van der Waals surface area contributed by atoms with Crippen LogP contribution >= 0.6 is 0 Å². The summed E-state index contributed by atoms with van der Waals surface area (Å²) >= 11 is 0. The molecule has 162 valence electrons. The molecule has 0 fully saturated rings. The summed E-state index contributed by atoms with van der Waals surface area (Å²) in [5, 5.41) is 22.7. The molecule has 0 aromatic heterocycles. The van der Waals surface area contributed by atoms with Gasteiger partial charge in [0.25, 0.3) is 5.91 Å². The Hall–Kier alpha value is -3.36. The highest BCUT2D eigenvalue weighted by molar-refractivity contribution is 6.07. The van der Waals surface area contributed by atoms with Crippen LogP contribution in [0, 0.1) is 13.8 Å². The first-order valence-corrected chi connectivity index (χ1v) is 9.79. The fourth-order valence-electron chi connectivity index (χ4n) is 4.05. The molecule has 8 nitrogen and oxygen atoms in total. The second-order valence-electron chi connectivity index (χ2n) is 7.78. The number of nitrogens with zero attached hydrogens (tertiary/aromatic N) is 2. The third kappa shape index (κ3) is 3.15. The molecule has 8 heteroatoms. The Balaban J connectivity index is 1.87. The van der Waals surface area contributed by atoms with Gasteiger partial charge in [0.15, 0.2) is 12.0 Å². The first kappa shape index (κ1) is 20.9. The van der Waals surface area contributed by atoms with Crippen molar-refractivity contribution in [2.24, 2.45) is 0 Å². The van der Waals surface area contributed by atoms with Crippen molar-refractivity contribution < 1.29 is 29.3 Å². The van der Waals surface area contributed by atoms with Crippen LogP contribution in [0.1, 0.15) is 33.5 Å². The topological polar surface area (TPSA) is 99.5 Å². The minimum absolute atomic E-state index is 0.0777. The Kier molecular flexibility index (Phi) is 4.99. The largest absolute Gasteiger partial charge is 0.497 e. The van der Waals surface area contributed by atoms with E-state index in [2.05, 4.69) is 0 Å². The maximum atomic E-state index is 13.5. The summed E-state index contributed by atoms with van der Waals surface area (Å²) in [6.45, 7) is 3.69. The predicted molar refractivity (Wildman–Crippen MR) is 114 cm³/mol. The Bertz CT molecular complexity index is 1090. The zero-order valence-electron chi connectivity index (χ0n) is 17.7. The highest BCUT2D eigenvalue weighted by Crippen LogP contribution is 2.44. The van der Waals surface area contributed by atoms with Crippen LogP contribution in [0.2, 0.25) is 0 Å². The van der Waals surface area contributed by atoms with Crippen LogP contribution in [0.4, 0.5) is 10.5 Å². The number of rotatable bonds is 2. The molecule has 0 radical (unpaired) electrons. The van der Waals surface area contributed by atoms with Crippen LogP contribution in [0.15, 0.2) is 42.6 Å². The lowest BCUT2D eigenvalue weighted by Crippen LogP contribution is -2.60. The molecule has 2 heterocycles. The van der Waals surface area contributed by atoms with Crippen LogP contribution in [0.25, 0.3) is 5.57 Å². The van der Waals surface area contributed by atoms with E-state index in [0.29, 0.717) is 11.3 Å². The normalized spacial score (nSPS) is 22.5. The van der Waals surface area contributed by atoms with E-state index in [9.17, 15) is 19.8 Å². The van der Waals surface area contributed by atoms with Gasteiger partial charge in [-0.3, -0.25) is 9.69 Å². The number of fused-ring (bicyclic) bond motifs is 2. The predicted octanol–water partition coefficient (Wildman–Crippen LogP) is 2.79. The van der Waals surface area contributed by atoms with Crippen molar-refractivity contribution in [2.45, 2.75) is 32.2 Å². The van der Waals surface area contributed by atoms with Gasteiger partial charge in [0.05, 0.1) is 25.5 Å². The number of hydrogen-bond acceptors (Lipinski definition) is 6. The van der Waals surface area contributed by atoms with Gasteiger partial charge in [0, 0.05) is 12.6 Å². The molecular weight excluding hydrogens is 400 g/mol. The summed E-state index contributed by atoms with van der Waals surface area (Å²) in [5.74, 6) is 0.151. The molecule has 2 aliphatic heterocycles. The Morgan fingerprint density at radius 1 is 1.13 bits per heavy atom. The Morgan fingerprint density at radius 3 is 2.39 bits per heavy atom. The highest BCUT2D eigenvalue weighted by atomic mass is 16.5. The molecule has 2 aliphatic rings. The fraction of sp³-hybridized carbons (Fsp3) is 0.304. The molecule has 2 N–H and O–H groups in total. The van der Waals surface area contributed by atoms with Crippen molar-refractivity contribution in [3.05, 3.63) is 64.9 Å². The number of hydrogen-bond donors (Lipinski definition) is 2. The Morgan fingerprint density at radius 2 is 1.77 bits per heavy atom. The van der Waals surface area contributed by atoms with Crippen molar-refractivity contribution in [1.29, 1.82) is 0 Å². The average Bonchev–Trinajstić information content (AvgIpc) is 3.11. The van der Waals surface area contributed by atoms with E-state index in [1.165, 1.54) is 13.3 Å². The van der Waals surface area contributed by atoms with Gasteiger partial charge in [0.1, 0.15) is 5.75 Å². The molecule has 0 saturated carbocycles. The van der Waals surface area contributed by atoms with Crippen LogP contribution in [0.3, 0.4) is 0 Å². The van der Waals surface area contributed by atoms with Crippen LogP contribution in [0.5, 0.6) is 5.75 Å². The molecular formula is C23H24N2O6. The number of carbonyl (C=O) groups excluding carboxylic acids is 2. The third-order valence-electron chi connectivity index (χ3n) is 5.96. The van der Waals surface area contributed by atoms with E-state index in [1.807, 2.05) is 13.8 Å². The second-order valence-corrected chi connectivity index (χ2v) is 7.78. The van der Waals surface area contributed by atoms with Crippen molar-refractivity contribution in [2.75, 3.05) is 19.1 Å². The summed E-state index contributed by atoms with van der Waals surface area (Å²) in [4.78, 5) is 28.1. The number of benzene rings is 2. The quantitative estimate of drug-likeness (QED) is 0.769. The van der Waals surface area contributed by atoms with Gasteiger partial charge in [-0.2, -0.15) is 0 Å². The molecule has 0 bridgehead atoms. The van der Waals surface area contributed by atoms with Gasteiger partial charge in [0.2, 0.25) is 0 Å². The van der Waals surface area contributed by atoms with Crippen LogP contribution in [-0.4, -0.2) is 53.3 Å². The highest BCUT2D eigenvalue weighted by Gasteiger charge is 2.55. The number of carbonyl (C=O) groups is 2. The van der Waals surface area contributed by atoms with Gasteiger partial charge in [-0.25, -0.2) is 9.69 Å². The maximum absolute atomic E-state index is 13.5. The van der Waals surface area contributed by atoms with E-state index >= 15 is 0 Å². The monoisotopic (exact) mass is 424 g/mol. The van der Waals surface area contributed by atoms with Crippen molar-refractivity contribution >= 4 is 23.3 Å². The molecule has 2 aromatic rings. The van der Waals surface area contributed by atoms with E-state index in [-0.39, 0.29) is 17.7 Å². The molecule has 0 unspecified atom stereocenters. The number of aryl methyl sites for hydroxylation is 2. The third-order valence-corrected chi connectivity index (χ3v) is 5.96. The fourth-order valence-corrected chi connectivity index (χ4v) is 4.05. The molecule has 4 rings (SSSR count). The summed E-state index contributed by atoms with van der Waals surface area (Å²) in [7, 11) is 2.74. The van der Waals surface area contributed by atoms with Gasteiger partial charge < -0.3 is 19.7 Å². The van der Waals surface area contributed by atoms with Gasteiger partial charge in [-0.1, -0.05) is 12.1 Å². The van der Waals surface area contributed by atoms with E-state index < -0.39 is 24.0 Å². The van der Waals surface area contributed by atoms with E-state index in [1.54, 1.807) is 43.5 Å². The summed E-state index contributed by atoms with van der Waals surface area (Å²) in [6, 6.07) is 10.4. The molecule has 0 saturated heterocycles. The van der Waals surface area contributed by atoms with Crippen molar-refractivity contribution in [1.82, 2.24) is 4.90 Å². The Labute approximate surface area is 179 Å². The number of anilines is 1. The minimum Gasteiger partial charge on any atom is -0.497 e. The van der Waals surface area contributed by atoms with E-state index in [4.69, 9.17) is 9.47 Å². The molecule has 2 atom stereocenters. The molecule has 2 amide bonds. The lowest BCUT2D eigenvalue weighted by atomic mass is 9.98. The van der Waals surface area contributed by atoms with Gasteiger partial charge >= 0.3 is 6.09 Å². The zero-order chi connectivity index (χ0) is 22.5. The van der Waals surface area contributed by atoms with Crippen molar-refractivity contribution in [3.8, 4) is 5.75 Å². The first-order valence-electron chi connectivity index (χ1n) is 9.79. The maximum Gasteiger partial charge on any atom is 0.416 e. The molecule has 0 spiro atoms. The van der Waals surface area contributed by atoms with E-state index in [0.717, 1.165) is 26.5 Å².